The van der Waals surface area contributed by atoms with Crippen LogP contribution in [0.5, 0.6) is 0 Å². The van der Waals surface area contributed by atoms with Crippen molar-refractivity contribution in [3.8, 4) is 0 Å². The van der Waals surface area contributed by atoms with E-state index >= 15 is 0 Å². The lowest BCUT2D eigenvalue weighted by Gasteiger charge is -2.07. The van der Waals surface area contributed by atoms with Crippen LogP contribution in [0.2, 0.25) is 0 Å². The van der Waals surface area contributed by atoms with E-state index in [0.717, 1.165) is 29.8 Å². The number of nitrogens with zero attached hydrogens (tertiary/aromatic N) is 3. The number of fused-ring (bicyclic) bond motifs is 3. The van der Waals surface area contributed by atoms with E-state index in [2.05, 4.69) is 15.3 Å². The first-order valence-corrected chi connectivity index (χ1v) is 8.65. The number of hydrogen-bond donors (Lipinski definition) is 3. The number of para-hydroxylation sites is 1. The number of nitrogens with one attached hydrogen (secondary N) is 1. The topological polar surface area (TPSA) is 123 Å². The number of hydrogen-bond acceptors (Lipinski definition) is 5. The average Bonchev–Trinajstić information content (AvgIpc) is 3.19. The molecule has 2 aromatic carbocycles. The van der Waals surface area contributed by atoms with E-state index in [1.54, 1.807) is 24.3 Å². The molecule has 1 aromatic heterocycles. The summed E-state index contributed by atoms with van der Waals surface area (Å²) in [6.07, 6.45) is -5.08. The normalized spacial score (nSPS) is 13.2. The molecule has 4 N–H and O–H groups in total. The van der Waals surface area contributed by atoms with E-state index in [1.165, 1.54) is 0 Å². The smallest absolute Gasteiger partial charge is 0.475 e. The minimum absolute atomic E-state index is 0.325. The lowest BCUT2D eigenvalue weighted by Crippen LogP contribution is -2.24. The van der Waals surface area contributed by atoms with Gasteiger partial charge in [0.15, 0.2) is 0 Å². The Bertz CT molecular complexity index is 1170. The van der Waals surface area contributed by atoms with Crippen molar-refractivity contribution in [2.24, 2.45) is 4.99 Å². The summed E-state index contributed by atoms with van der Waals surface area (Å²) in [5.74, 6) is -2.12. The summed E-state index contributed by atoms with van der Waals surface area (Å²) in [7, 11) is 0. The third-order valence-corrected chi connectivity index (χ3v) is 4.12. The highest BCUT2D eigenvalue weighted by Crippen LogP contribution is 2.22. The molecule has 0 saturated heterocycles. The fraction of sp³-hybridized carbons (Fsp3) is 0.158. The second-order valence-electron chi connectivity index (χ2n) is 6.20. The molecule has 0 fully saturated rings. The van der Waals surface area contributed by atoms with Gasteiger partial charge >= 0.3 is 12.1 Å². The summed E-state index contributed by atoms with van der Waals surface area (Å²) < 4.78 is 33.7. The van der Waals surface area contributed by atoms with Gasteiger partial charge in [0.05, 0.1) is 5.52 Å². The van der Waals surface area contributed by atoms with Crippen molar-refractivity contribution < 1.29 is 27.9 Å². The van der Waals surface area contributed by atoms with Crippen molar-refractivity contribution in [3.05, 3.63) is 59.7 Å². The number of carboxylic acids is 1. The van der Waals surface area contributed by atoms with Crippen LogP contribution in [0.25, 0.3) is 10.9 Å². The number of nitrogen functional groups attached to an aromatic ring is 1. The molecule has 11 heteroatoms. The lowest BCUT2D eigenvalue weighted by molar-refractivity contribution is -0.192. The van der Waals surface area contributed by atoms with Gasteiger partial charge in [0, 0.05) is 29.7 Å². The van der Waals surface area contributed by atoms with Gasteiger partial charge in [-0.1, -0.05) is 12.1 Å². The predicted octanol–water partition coefficient (Wildman–Crippen LogP) is 2.42. The average molecular weight is 419 g/mol. The van der Waals surface area contributed by atoms with Gasteiger partial charge in [0.25, 0.3) is 5.91 Å². The minimum atomic E-state index is -5.08. The number of benzene rings is 2. The third kappa shape index (κ3) is 4.57. The molecule has 0 radical (unpaired) electrons. The first-order valence-electron chi connectivity index (χ1n) is 8.65. The maximum atomic E-state index is 12.4. The van der Waals surface area contributed by atoms with Crippen LogP contribution >= 0.6 is 0 Å². The van der Waals surface area contributed by atoms with Gasteiger partial charge in [0.2, 0.25) is 5.62 Å². The quantitative estimate of drug-likeness (QED) is 0.521. The van der Waals surface area contributed by atoms with Gasteiger partial charge in [-0.2, -0.15) is 18.2 Å². The second-order valence-corrected chi connectivity index (χ2v) is 6.20. The Kier molecular flexibility index (Phi) is 5.72. The summed E-state index contributed by atoms with van der Waals surface area (Å²) in [5.41, 5.74) is 8.00. The third-order valence-electron chi connectivity index (χ3n) is 4.12. The fourth-order valence-electron chi connectivity index (χ4n) is 2.74. The molecule has 2 heterocycles. The largest absolute Gasteiger partial charge is 0.490 e. The zero-order valence-corrected chi connectivity index (χ0v) is 15.3. The van der Waals surface area contributed by atoms with Crippen LogP contribution in [0, 0.1) is 0 Å². The maximum absolute atomic E-state index is 12.4. The van der Waals surface area contributed by atoms with Crippen molar-refractivity contribution in [1.82, 2.24) is 9.55 Å². The number of carbonyl (C=O) groups is 2. The summed E-state index contributed by atoms with van der Waals surface area (Å²) in [5, 5.41) is 11.5. The Morgan fingerprint density at radius 2 is 1.77 bits per heavy atom. The van der Waals surface area contributed by atoms with E-state index < -0.39 is 12.1 Å². The number of rotatable bonds is 1. The maximum Gasteiger partial charge on any atom is 0.490 e. The highest BCUT2D eigenvalue weighted by Gasteiger charge is 2.38. The number of anilines is 2. The van der Waals surface area contributed by atoms with Crippen LogP contribution in [-0.4, -0.2) is 39.3 Å². The summed E-state index contributed by atoms with van der Waals surface area (Å²) in [6, 6.07) is 14.6. The highest BCUT2D eigenvalue weighted by atomic mass is 19.4. The Hall–Kier alpha value is -3.89. The van der Waals surface area contributed by atoms with E-state index in [4.69, 9.17) is 15.6 Å². The molecule has 4 rings (SSSR count). The Labute approximate surface area is 167 Å². The van der Waals surface area contributed by atoms with Gasteiger partial charge in [-0.25, -0.2) is 9.78 Å². The van der Waals surface area contributed by atoms with Crippen LogP contribution in [0.4, 0.5) is 24.7 Å². The fourth-order valence-corrected chi connectivity index (χ4v) is 2.74. The Balaban J connectivity index is 0.000000318. The monoisotopic (exact) mass is 419 g/mol. The minimum Gasteiger partial charge on any atom is -0.475 e. The van der Waals surface area contributed by atoms with Crippen LogP contribution in [0.3, 0.4) is 0 Å². The van der Waals surface area contributed by atoms with E-state index in [0.29, 0.717) is 16.9 Å². The zero-order chi connectivity index (χ0) is 21.9. The van der Waals surface area contributed by atoms with Crippen molar-refractivity contribution in [2.45, 2.75) is 12.7 Å². The molecule has 0 atom stereocenters. The number of carboxylic acid groups (broad SMARTS) is 1. The van der Waals surface area contributed by atoms with E-state index in [9.17, 15) is 18.0 Å². The number of halogens is 3. The molecule has 8 nitrogen and oxygen atoms in total. The van der Waals surface area contributed by atoms with Gasteiger partial charge < -0.3 is 16.2 Å². The standard InChI is InChI=1S/C17H15N5O.C2HF3O2/c18-12-7-5-11(6-8-12)16(23)21-17-20-14-4-2-1-3-13(14)15-19-9-10-22(15)17;3-2(4,5)1(6)7/h1-8,19H,9-10,18H2;(H,6,7). The molecule has 0 spiro atoms. The van der Waals surface area contributed by atoms with Gasteiger partial charge in [-0.05, 0) is 36.4 Å². The molecule has 156 valence electrons. The molecule has 1 aliphatic heterocycles. The van der Waals surface area contributed by atoms with Crippen LogP contribution < -0.4 is 16.7 Å². The first kappa shape index (κ1) is 20.8. The zero-order valence-electron chi connectivity index (χ0n) is 15.3. The van der Waals surface area contributed by atoms with Crippen LogP contribution in [-0.2, 0) is 11.3 Å². The molecular formula is C19H16F3N5O3. The molecule has 1 aliphatic rings. The SMILES string of the molecule is Nc1ccc(C(=O)N=c2nc3ccccc3c3n2CCN3)cc1.O=C(O)C(F)(F)F. The van der Waals surface area contributed by atoms with Crippen molar-refractivity contribution >= 4 is 34.3 Å². The molecule has 30 heavy (non-hydrogen) atoms. The van der Waals surface area contributed by atoms with Gasteiger partial charge in [-0.15, -0.1) is 0 Å². The van der Waals surface area contributed by atoms with Gasteiger partial charge in [-0.3, -0.25) is 9.36 Å². The molecule has 0 unspecified atom stereocenters. The molecule has 0 saturated carbocycles. The summed E-state index contributed by atoms with van der Waals surface area (Å²) in [4.78, 5) is 30.0. The molecular weight excluding hydrogens is 403 g/mol. The second kappa shape index (κ2) is 8.23. The molecule has 1 amide bonds. The Morgan fingerprint density at radius 3 is 2.40 bits per heavy atom. The lowest BCUT2D eigenvalue weighted by atomic mass is 10.2. The van der Waals surface area contributed by atoms with Gasteiger partial charge in [0.1, 0.15) is 5.82 Å². The molecule has 0 aliphatic carbocycles. The number of aromatic nitrogens is 2. The first-order chi connectivity index (χ1) is 14.2. The van der Waals surface area contributed by atoms with E-state index in [-0.39, 0.29) is 5.91 Å². The summed E-state index contributed by atoms with van der Waals surface area (Å²) in [6.45, 7) is 1.54. The van der Waals surface area contributed by atoms with Crippen LogP contribution in [0.15, 0.2) is 53.5 Å². The number of alkyl halides is 3. The Morgan fingerprint density at radius 1 is 1.13 bits per heavy atom. The molecule has 0 bridgehead atoms. The summed E-state index contributed by atoms with van der Waals surface area (Å²) >= 11 is 0. The molecule has 3 aromatic rings. The predicted molar refractivity (Wildman–Crippen MR) is 103 cm³/mol. The highest BCUT2D eigenvalue weighted by molar-refractivity contribution is 5.95. The van der Waals surface area contributed by atoms with Crippen molar-refractivity contribution in [2.75, 3.05) is 17.6 Å². The van der Waals surface area contributed by atoms with E-state index in [1.807, 2.05) is 28.8 Å². The van der Waals surface area contributed by atoms with Crippen LogP contribution in [0.1, 0.15) is 10.4 Å². The number of aliphatic carboxylic acids is 1. The number of carbonyl (C=O) groups excluding carboxylic acids is 1. The number of amides is 1. The van der Waals surface area contributed by atoms with Crippen molar-refractivity contribution in [3.63, 3.8) is 0 Å². The number of nitrogens with two attached hydrogens (primary N) is 1. The van der Waals surface area contributed by atoms with Crippen molar-refractivity contribution in [1.29, 1.82) is 0 Å².